The van der Waals surface area contributed by atoms with Crippen molar-refractivity contribution in [2.75, 3.05) is 33.1 Å². The number of hydrogen-bond donors (Lipinski definition) is 3. The molecule has 0 heterocycles. The number of anilines is 1. The Labute approximate surface area is 166 Å². The molecule has 2 aromatic rings. The number of aliphatic hydroxyl groups excluding tert-OH is 1. The first kappa shape index (κ1) is 22.0. The molecule has 0 aliphatic heterocycles. The normalized spacial score (nSPS) is 11.5. The van der Waals surface area contributed by atoms with Crippen LogP contribution >= 0.6 is 0 Å². The summed E-state index contributed by atoms with van der Waals surface area (Å²) in [4.78, 5) is 37.4. The molecule has 0 bridgehead atoms. The number of benzene rings is 2. The number of rotatable bonds is 7. The maximum absolute atomic E-state index is 14.3. The Morgan fingerprint density at radius 1 is 1.07 bits per heavy atom. The lowest BCUT2D eigenvalue weighted by Crippen LogP contribution is -2.52. The standard InChI is InChI=1S/C20H21F2N3O4/c1-23-16-9-14(21)13(8-15(16)22)11-4-6-12(7-5-11)20(29)25(3)18(17(27)10-26)19(28)24-2/h4-9,18,23,26H,10H2,1-3H3,(H,24,28). The van der Waals surface area contributed by atoms with Crippen LogP contribution in [0.4, 0.5) is 14.5 Å². The Bertz CT molecular complexity index is 916. The monoisotopic (exact) mass is 405 g/mol. The van der Waals surface area contributed by atoms with Gasteiger partial charge in [-0.1, -0.05) is 12.1 Å². The third kappa shape index (κ3) is 4.57. The van der Waals surface area contributed by atoms with Gasteiger partial charge in [-0.15, -0.1) is 0 Å². The Morgan fingerprint density at radius 2 is 1.69 bits per heavy atom. The molecule has 154 valence electrons. The van der Waals surface area contributed by atoms with Crippen LogP contribution in [0.25, 0.3) is 11.1 Å². The smallest absolute Gasteiger partial charge is 0.254 e. The van der Waals surface area contributed by atoms with Gasteiger partial charge in [0.25, 0.3) is 5.91 Å². The molecule has 1 unspecified atom stereocenters. The minimum Gasteiger partial charge on any atom is -0.388 e. The fourth-order valence-corrected chi connectivity index (χ4v) is 2.83. The van der Waals surface area contributed by atoms with Crippen molar-refractivity contribution in [3.05, 3.63) is 53.6 Å². The Morgan fingerprint density at radius 3 is 2.21 bits per heavy atom. The van der Waals surface area contributed by atoms with Gasteiger partial charge in [0.15, 0.2) is 11.8 Å². The summed E-state index contributed by atoms with van der Waals surface area (Å²) in [5.74, 6) is -3.48. The van der Waals surface area contributed by atoms with Crippen molar-refractivity contribution in [2.24, 2.45) is 0 Å². The highest BCUT2D eigenvalue weighted by Crippen LogP contribution is 2.28. The lowest BCUT2D eigenvalue weighted by atomic mass is 10.0. The number of amides is 2. The van der Waals surface area contributed by atoms with Crippen molar-refractivity contribution >= 4 is 23.3 Å². The average molecular weight is 405 g/mol. The lowest BCUT2D eigenvalue weighted by Gasteiger charge is -2.25. The lowest BCUT2D eigenvalue weighted by molar-refractivity contribution is -0.135. The minimum absolute atomic E-state index is 0.0209. The summed E-state index contributed by atoms with van der Waals surface area (Å²) < 4.78 is 28.2. The molecular weight excluding hydrogens is 384 g/mol. The molecule has 9 heteroatoms. The van der Waals surface area contributed by atoms with E-state index in [1.54, 1.807) is 0 Å². The molecule has 1 atom stereocenters. The highest BCUT2D eigenvalue weighted by atomic mass is 19.1. The molecular formula is C20H21F2N3O4. The quantitative estimate of drug-likeness (QED) is 0.606. The fraction of sp³-hybridized carbons (Fsp3) is 0.250. The van der Waals surface area contributed by atoms with E-state index in [0.717, 1.165) is 17.0 Å². The van der Waals surface area contributed by atoms with Gasteiger partial charge < -0.3 is 20.6 Å². The Balaban J connectivity index is 2.32. The molecule has 0 aliphatic rings. The van der Waals surface area contributed by atoms with Crippen LogP contribution in [0, 0.1) is 11.6 Å². The van der Waals surface area contributed by atoms with Crippen molar-refractivity contribution in [3.8, 4) is 11.1 Å². The summed E-state index contributed by atoms with van der Waals surface area (Å²) in [5, 5.41) is 13.9. The summed E-state index contributed by atoms with van der Waals surface area (Å²) in [6.45, 7) is -0.901. The number of ketones is 1. The number of halogens is 2. The number of Topliss-reactive ketones (excluding diaryl/α,β-unsaturated/α-hetero) is 1. The zero-order valence-electron chi connectivity index (χ0n) is 16.1. The SMILES string of the molecule is CNC(=O)C(C(=O)CO)N(C)C(=O)c1ccc(-c2cc(F)c(NC)cc2F)cc1. The number of aliphatic hydroxyl groups is 1. The van der Waals surface area contributed by atoms with Crippen LogP contribution in [-0.2, 0) is 9.59 Å². The first-order chi connectivity index (χ1) is 13.7. The Kier molecular flexibility index (Phi) is 7.00. The largest absolute Gasteiger partial charge is 0.388 e. The number of nitrogens with one attached hydrogen (secondary N) is 2. The Hall–Kier alpha value is -3.33. The predicted molar refractivity (Wildman–Crippen MR) is 103 cm³/mol. The first-order valence-electron chi connectivity index (χ1n) is 8.64. The highest BCUT2D eigenvalue weighted by molar-refractivity contribution is 6.10. The van der Waals surface area contributed by atoms with E-state index < -0.39 is 41.9 Å². The molecule has 0 radical (unpaired) electrons. The van der Waals surface area contributed by atoms with E-state index in [2.05, 4.69) is 10.6 Å². The van der Waals surface area contributed by atoms with E-state index in [1.165, 1.54) is 45.4 Å². The summed E-state index contributed by atoms with van der Waals surface area (Å²) in [6, 6.07) is 6.21. The van der Waals surface area contributed by atoms with Gasteiger partial charge >= 0.3 is 0 Å². The predicted octanol–water partition coefficient (Wildman–Crippen LogP) is 1.42. The summed E-state index contributed by atoms with van der Waals surface area (Å²) in [6.07, 6.45) is 0. The summed E-state index contributed by atoms with van der Waals surface area (Å²) in [7, 11) is 4.04. The van der Waals surface area contributed by atoms with Crippen LogP contribution < -0.4 is 10.6 Å². The van der Waals surface area contributed by atoms with E-state index in [9.17, 15) is 23.2 Å². The maximum atomic E-state index is 14.3. The summed E-state index contributed by atoms with van der Waals surface area (Å²) in [5.41, 5.74) is 0.516. The molecule has 0 saturated carbocycles. The van der Waals surface area contributed by atoms with Gasteiger partial charge in [-0.2, -0.15) is 0 Å². The van der Waals surface area contributed by atoms with Crippen molar-refractivity contribution in [3.63, 3.8) is 0 Å². The van der Waals surface area contributed by atoms with Crippen molar-refractivity contribution in [1.29, 1.82) is 0 Å². The molecule has 2 amide bonds. The maximum Gasteiger partial charge on any atom is 0.254 e. The molecule has 0 spiro atoms. The molecule has 0 saturated heterocycles. The molecule has 7 nitrogen and oxygen atoms in total. The van der Waals surface area contributed by atoms with E-state index in [-0.39, 0.29) is 16.8 Å². The molecule has 2 aromatic carbocycles. The van der Waals surface area contributed by atoms with Gasteiger partial charge in [0.2, 0.25) is 5.91 Å². The van der Waals surface area contributed by atoms with E-state index in [1.807, 2.05) is 0 Å². The van der Waals surface area contributed by atoms with Gasteiger partial charge in [0, 0.05) is 38.3 Å². The average Bonchev–Trinajstić information content (AvgIpc) is 2.74. The molecule has 3 N–H and O–H groups in total. The van der Waals surface area contributed by atoms with Gasteiger partial charge in [0.1, 0.15) is 18.2 Å². The van der Waals surface area contributed by atoms with Crippen molar-refractivity contribution in [2.45, 2.75) is 6.04 Å². The number of carbonyl (C=O) groups excluding carboxylic acids is 3. The first-order valence-corrected chi connectivity index (χ1v) is 8.64. The van der Waals surface area contributed by atoms with E-state index in [4.69, 9.17) is 5.11 Å². The van der Waals surface area contributed by atoms with Crippen LogP contribution in [0.5, 0.6) is 0 Å². The fourth-order valence-electron chi connectivity index (χ4n) is 2.83. The molecule has 2 rings (SSSR count). The van der Waals surface area contributed by atoms with E-state index in [0.29, 0.717) is 5.56 Å². The number of likely N-dealkylation sites (N-methyl/N-ethyl adjacent to an activating group) is 2. The van der Waals surface area contributed by atoms with Crippen LogP contribution in [0.2, 0.25) is 0 Å². The second-order valence-corrected chi connectivity index (χ2v) is 6.20. The van der Waals surface area contributed by atoms with Gasteiger partial charge in [0.05, 0.1) is 5.69 Å². The molecule has 0 aromatic heterocycles. The third-order valence-corrected chi connectivity index (χ3v) is 4.43. The summed E-state index contributed by atoms with van der Waals surface area (Å²) >= 11 is 0. The number of nitrogens with zero attached hydrogens (tertiary/aromatic N) is 1. The van der Waals surface area contributed by atoms with Crippen LogP contribution in [-0.4, -0.2) is 61.4 Å². The minimum atomic E-state index is -1.49. The number of hydrogen-bond acceptors (Lipinski definition) is 5. The van der Waals surface area contributed by atoms with Crippen molar-refractivity contribution < 1.29 is 28.3 Å². The van der Waals surface area contributed by atoms with Crippen LogP contribution in [0.1, 0.15) is 10.4 Å². The second kappa shape index (κ2) is 9.24. The van der Waals surface area contributed by atoms with Gasteiger partial charge in [-0.3, -0.25) is 14.4 Å². The van der Waals surface area contributed by atoms with E-state index >= 15 is 0 Å². The molecule has 0 fully saturated rings. The molecule has 0 aliphatic carbocycles. The zero-order valence-corrected chi connectivity index (χ0v) is 16.1. The topological polar surface area (TPSA) is 98.7 Å². The highest BCUT2D eigenvalue weighted by Gasteiger charge is 2.32. The van der Waals surface area contributed by atoms with Crippen molar-refractivity contribution in [1.82, 2.24) is 10.2 Å². The zero-order chi connectivity index (χ0) is 21.7. The third-order valence-electron chi connectivity index (χ3n) is 4.43. The molecule has 29 heavy (non-hydrogen) atoms. The van der Waals surface area contributed by atoms with Gasteiger partial charge in [-0.05, 0) is 23.8 Å². The number of carbonyl (C=O) groups is 3. The second-order valence-electron chi connectivity index (χ2n) is 6.20. The van der Waals surface area contributed by atoms with Gasteiger partial charge in [-0.25, -0.2) is 8.78 Å². The van der Waals surface area contributed by atoms with Crippen LogP contribution in [0.3, 0.4) is 0 Å². The van der Waals surface area contributed by atoms with Crippen LogP contribution in [0.15, 0.2) is 36.4 Å².